The SMILES string of the molecule is CN(C)CCOCCC=C1CC[C@]2(C)[C@@H](C=NOCCN(C)C)CC[C@]2(O)C1. The first-order valence-corrected chi connectivity index (χ1v) is 10.7. The fourth-order valence-electron chi connectivity index (χ4n) is 4.44. The van der Waals surface area contributed by atoms with E-state index in [1.165, 1.54) is 5.57 Å². The molecule has 0 spiro atoms. The molecule has 2 rings (SSSR count). The van der Waals surface area contributed by atoms with Crippen LogP contribution in [-0.4, -0.2) is 87.8 Å². The van der Waals surface area contributed by atoms with Crippen molar-refractivity contribution >= 4 is 6.21 Å². The van der Waals surface area contributed by atoms with Gasteiger partial charge in [-0.3, -0.25) is 0 Å². The van der Waals surface area contributed by atoms with Crippen LogP contribution in [0.5, 0.6) is 0 Å². The summed E-state index contributed by atoms with van der Waals surface area (Å²) in [5, 5.41) is 15.6. The van der Waals surface area contributed by atoms with Crippen LogP contribution in [0.3, 0.4) is 0 Å². The van der Waals surface area contributed by atoms with Crippen molar-refractivity contribution in [3.05, 3.63) is 11.6 Å². The largest absolute Gasteiger partial charge is 0.395 e. The lowest BCUT2D eigenvalue weighted by Gasteiger charge is -2.47. The summed E-state index contributed by atoms with van der Waals surface area (Å²) >= 11 is 0. The molecule has 28 heavy (non-hydrogen) atoms. The van der Waals surface area contributed by atoms with Crippen LogP contribution in [0.4, 0.5) is 0 Å². The Morgan fingerprint density at radius 2 is 1.82 bits per heavy atom. The van der Waals surface area contributed by atoms with Gasteiger partial charge in [-0.25, -0.2) is 0 Å². The third kappa shape index (κ3) is 6.28. The molecular formula is C22H41N3O3. The first kappa shape index (κ1) is 23.3. The smallest absolute Gasteiger partial charge is 0.129 e. The highest BCUT2D eigenvalue weighted by Gasteiger charge is 2.57. The van der Waals surface area contributed by atoms with Crippen molar-refractivity contribution in [1.82, 2.24) is 9.80 Å². The van der Waals surface area contributed by atoms with E-state index in [4.69, 9.17) is 9.57 Å². The molecule has 6 nitrogen and oxygen atoms in total. The number of aliphatic hydroxyl groups is 1. The minimum Gasteiger partial charge on any atom is -0.395 e. The highest BCUT2D eigenvalue weighted by molar-refractivity contribution is 5.63. The van der Waals surface area contributed by atoms with E-state index in [9.17, 15) is 5.11 Å². The minimum atomic E-state index is -0.622. The van der Waals surface area contributed by atoms with Gasteiger partial charge in [-0.15, -0.1) is 0 Å². The first-order chi connectivity index (χ1) is 13.3. The molecule has 0 aromatic heterocycles. The molecule has 2 fully saturated rings. The third-order valence-corrected chi connectivity index (χ3v) is 6.56. The van der Waals surface area contributed by atoms with Gasteiger partial charge < -0.3 is 24.5 Å². The van der Waals surface area contributed by atoms with Gasteiger partial charge in [0, 0.05) is 30.6 Å². The lowest BCUT2D eigenvalue weighted by Crippen LogP contribution is -2.48. The van der Waals surface area contributed by atoms with Gasteiger partial charge in [0.1, 0.15) is 6.61 Å². The molecule has 0 bridgehead atoms. The van der Waals surface area contributed by atoms with Crippen LogP contribution in [0, 0.1) is 11.3 Å². The van der Waals surface area contributed by atoms with Crippen molar-refractivity contribution in [3.8, 4) is 0 Å². The molecule has 2 aliphatic rings. The summed E-state index contributed by atoms with van der Waals surface area (Å²) in [5.74, 6) is 0.285. The Bertz CT molecular complexity index is 535. The number of hydrogen-bond acceptors (Lipinski definition) is 6. The van der Waals surface area contributed by atoms with Crippen LogP contribution < -0.4 is 0 Å². The molecule has 1 N–H and O–H groups in total. The number of likely N-dealkylation sites (N-methyl/N-ethyl adjacent to an activating group) is 2. The van der Waals surface area contributed by atoms with Gasteiger partial charge in [0.2, 0.25) is 0 Å². The van der Waals surface area contributed by atoms with Crippen LogP contribution in [0.15, 0.2) is 16.8 Å². The van der Waals surface area contributed by atoms with Gasteiger partial charge in [-0.05, 0) is 66.7 Å². The van der Waals surface area contributed by atoms with Crippen LogP contribution in [0.1, 0.15) is 45.4 Å². The number of oxime groups is 1. The van der Waals surface area contributed by atoms with Crippen LogP contribution >= 0.6 is 0 Å². The molecule has 0 radical (unpaired) electrons. The van der Waals surface area contributed by atoms with Gasteiger partial charge >= 0.3 is 0 Å². The molecule has 0 aromatic rings. The second kappa shape index (κ2) is 10.7. The Kier molecular flexibility index (Phi) is 8.93. The summed E-state index contributed by atoms with van der Waals surface area (Å²) in [4.78, 5) is 9.61. The molecule has 0 aromatic carbocycles. The van der Waals surface area contributed by atoms with Crippen LogP contribution in [0.2, 0.25) is 0 Å². The average Bonchev–Trinajstić information content (AvgIpc) is 2.88. The number of hydrogen-bond donors (Lipinski definition) is 1. The fraction of sp³-hybridized carbons (Fsp3) is 0.864. The zero-order chi connectivity index (χ0) is 20.6. The Morgan fingerprint density at radius 1 is 1.11 bits per heavy atom. The van der Waals surface area contributed by atoms with Gasteiger partial charge in [0.05, 0.1) is 18.8 Å². The molecule has 0 saturated heterocycles. The van der Waals surface area contributed by atoms with Gasteiger partial charge in [0.15, 0.2) is 0 Å². The van der Waals surface area contributed by atoms with E-state index in [-0.39, 0.29) is 11.3 Å². The fourth-order valence-corrected chi connectivity index (χ4v) is 4.44. The van der Waals surface area contributed by atoms with E-state index >= 15 is 0 Å². The number of rotatable bonds is 11. The number of fused-ring (bicyclic) bond motifs is 1. The Balaban J connectivity index is 1.81. The van der Waals surface area contributed by atoms with Crippen molar-refractivity contribution in [1.29, 1.82) is 0 Å². The summed E-state index contributed by atoms with van der Waals surface area (Å²) in [6, 6.07) is 0. The maximum absolute atomic E-state index is 11.4. The summed E-state index contributed by atoms with van der Waals surface area (Å²) in [6.45, 7) is 6.17. The predicted octanol–water partition coefficient (Wildman–Crippen LogP) is 2.78. The minimum absolute atomic E-state index is 0.110. The van der Waals surface area contributed by atoms with E-state index in [2.05, 4.69) is 42.1 Å². The molecule has 162 valence electrons. The van der Waals surface area contributed by atoms with Crippen LogP contribution in [-0.2, 0) is 9.57 Å². The molecule has 3 atom stereocenters. The normalized spacial score (nSPS) is 32.0. The predicted molar refractivity (Wildman–Crippen MR) is 115 cm³/mol. The molecule has 2 aliphatic carbocycles. The maximum Gasteiger partial charge on any atom is 0.129 e. The first-order valence-electron chi connectivity index (χ1n) is 10.7. The maximum atomic E-state index is 11.4. The molecule has 0 heterocycles. The van der Waals surface area contributed by atoms with E-state index in [1.807, 2.05) is 20.3 Å². The van der Waals surface area contributed by atoms with Crippen molar-refractivity contribution in [2.45, 2.75) is 51.0 Å². The summed E-state index contributed by atoms with van der Waals surface area (Å²) in [5.41, 5.74) is 0.653. The monoisotopic (exact) mass is 395 g/mol. The number of nitrogens with zero attached hydrogens (tertiary/aromatic N) is 3. The summed E-state index contributed by atoms with van der Waals surface area (Å²) in [7, 11) is 8.16. The van der Waals surface area contributed by atoms with E-state index in [0.717, 1.165) is 64.8 Å². The van der Waals surface area contributed by atoms with Crippen molar-refractivity contribution in [3.63, 3.8) is 0 Å². The van der Waals surface area contributed by atoms with E-state index < -0.39 is 5.60 Å². The molecule has 2 saturated carbocycles. The highest BCUT2D eigenvalue weighted by Crippen LogP contribution is 2.58. The van der Waals surface area contributed by atoms with E-state index in [1.54, 1.807) is 0 Å². The Morgan fingerprint density at radius 3 is 2.54 bits per heavy atom. The van der Waals surface area contributed by atoms with Crippen molar-refractivity contribution < 1.29 is 14.7 Å². The van der Waals surface area contributed by atoms with E-state index in [0.29, 0.717) is 6.61 Å². The zero-order valence-corrected chi connectivity index (χ0v) is 18.6. The van der Waals surface area contributed by atoms with Gasteiger partial charge in [0.25, 0.3) is 0 Å². The van der Waals surface area contributed by atoms with Crippen LogP contribution in [0.25, 0.3) is 0 Å². The molecule has 0 unspecified atom stereocenters. The molecule has 0 aliphatic heterocycles. The second-order valence-corrected chi connectivity index (χ2v) is 9.23. The van der Waals surface area contributed by atoms with Gasteiger partial charge in [-0.2, -0.15) is 0 Å². The quantitative estimate of drug-likeness (QED) is 0.252. The lowest BCUT2D eigenvalue weighted by atomic mass is 9.61. The second-order valence-electron chi connectivity index (χ2n) is 9.23. The Labute approximate surface area is 171 Å². The van der Waals surface area contributed by atoms with Crippen molar-refractivity contribution in [2.24, 2.45) is 16.5 Å². The lowest BCUT2D eigenvalue weighted by molar-refractivity contribution is -0.0759. The third-order valence-electron chi connectivity index (χ3n) is 6.56. The molecule has 6 heteroatoms. The van der Waals surface area contributed by atoms with Crippen molar-refractivity contribution in [2.75, 3.05) is 61.1 Å². The summed E-state index contributed by atoms with van der Waals surface area (Å²) in [6.07, 6.45) is 9.84. The molecular weight excluding hydrogens is 354 g/mol. The molecule has 0 amide bonds. The highest BCUT2D eigenvalue weighted by atomic mass is 16.6. The topological polar surface area (TPSA) is 57.5 Å². The number of ether oxygens (including phenoxy) is 1. The standard InChI is InChI=1S/C22H41N3O3/c1-21-10-8-19(7-6-14-27-15-12-24(2)3)17-22(21,26)11-9-20(21)18-23-28-16-13-25(4)5/h7,18,20,26H,6,8-17H2,1-5H3/t20-,21-,22+/m1/s1. The zero-order valence-electron chi connectivity index (χ0n) is 18.6. The Hall–Kier alpha value is -0.950. The summed E-state index contributed by atoms with van der Waals surface area (Å²) < 4.78 is 5.68. The average molecular weight is 396 g/mol. The van der Waals surface area contributed by atoms with Gasteiger partial charge in [-0.1, -0.05) is 23.7 Å².